The average molecular weight is 597 g/mol. The van der Waals surface area contributed by atoms with Crippen LogP contribution in [0.2, 0.25) is 22.2 Å². The van der Waals surface area contributed by atoms with Crippen LogP contribution in [0.25, 0.3) is 11.2 Å². The van der Waals surface area contributed by atoms with Gasteiger partial charge in [0.05, 0.1) is 12.9 Å². The van der Waals surface area contributed by atoms with E-state index in [4.69, 9.17) is 17.7 Å². The Hall–Kier alpha value is -1.95. The maximum atomic E-state index is 12.8. The number of fused-ring (bicyclic) bond motifs is 2. The van der Waals surface area contributed by atoms with Crippen LogP contribution in [0.3, 0.4) is 0 Å². The van der Waals surface area contributed by atoms with Crippen LogP contribution in [0.4, 0.5) is 5.95 Å². The number of ether oxygens (including phenoxy) is 1. The number of aromatic nitrogens is 4. The molecule has 0 bridgehead atoms. The molecule has 12 nitrogen and oxygen atoms in total. The van der Waals surface area contributed by atoms with Gasteiger partial charge >= 0.3 is 17.1 Å². The topological polar surface area (TPSA) is 150 Å². The molecule has 4 unspecified atom stereocenters. The number of aliphatic hydroxyl groups excluding tert-OH is 1. The number of hydrogen-bond acceptors (Lipinski definition) is 9. The predicted octanol–water partition coefficient (Wildman–Crippen LogP) is 3.93. The minimum Gasteiger partial charge on any atom is -0.414 e. The van der Waals surface area contributed by atoms with Gasteiger partial charge in [-0.1, -0.05) is 69.2 Å². The van der Waals surface area contributed by atoms with Gasteiger partial charge in [-0.25, -0.2) is 4.98 Å². The minimum atomic E-state index is -2.97. The Morgan fingerprint density at radius 1 is 1.05 bits per heavy atom. The Morgan fingerprint density at radius 3 is 2.20 bits per heavy atom. The SMILES string of the molecule is CC(C)C(=O)Nc1nc2c(ncn2C2OC3CO[Si](C(C)C)(C(C)C)O[Si](C(C)C)(C(C)C)OC3C2O)c(=O)[15nH]1. The van der Waals surface area contributed by atoms with E-state index in [9.17, 15) is 14.7 Å². The van der Waals surface area contributed by atoms with Gasteiger partial charge in [-0.2, -0.15) is 4.98 Å². The zero-order chi connectivity index (χ0) is 29.7. The zero-order valence-corrected chi connectivity index (χ0v) is 27.2. The fraction of sp³-hybridized carbons (Fsp3) is 0.769. The lowest BCUT2D eigenvalue weighted by Crippen LogP contribution is -2.65. The maximum absolute atomic E-state index is 12.8. The van der Waals surface area contributed by atoms with E-state index >= 15 is 0 Å². The first-order valence-corrected chi connectivity index (χ1v) is 18.2. The maximum Gasteiger partial charge on any atom is 0.335 e. The lowest BCUT2D eigenvalue weighted by Gasteiger charge is -2.51. The van der Waals surface area contributed by atoms with Crippen molar-refractivity contribution < 1.29 is 27.6 Å². The molecular formula is C26H45N5O7Si2. The molecule has 4 heterocycles. The van der Waals surface area contributed by atoms with Crippen LogP contribution in [0.5, 0.6) is 0 Å². The first-order chi connectivity index (χ1) is 18.6. The van der Waals surface area contributed by atoms with E-state index in [1.165, 1.54) is 10.9 Å². The number of aromatic amines is 1. The van der Waals surface area contributed by atoms with Crippen LogP contribution >= 0.6 is 0 Å². The summed E-state index contributed by atoms with van der Waals surface area (Å²) in [7, 11) is -5.75. The summed E-state index contributed by atoms with van der Waals surface area (Å²) >= 11 is 0. The molecule has 2 aliphatic heterocycles. The Balaban J connectivity index is 1.76. The monoisotopic (exact) mass is 596 g/mol. The first-order valence-electron chi connectivity index (χ1n) is 14.3. The third-order valence-corrected chi connectivity index (χ3v) is 18.4. The average Bonchev–Trinajstić information content (AvgIpc) is 3.39. The number of amides is 1. The lowest BCUT2D eigenvalue weighted by molar-refractivity contribution is -0.118. The number of imidazole rings is 1. The second kappa shape index (κ2) is 11.4. The van der Waals surface area contributed by atoms with Gasteiger partial charge in [-0.05, 0) is 22.2 Å². The van der Waals surface area contributed by atoms with Crippen molar-refractivity contribution in [1.82, 2.24) is 19.5 Å². The molecule has 0 saturated carbocycles. The highest BCUT2D eigenvalue weighted by Gasteiger charge is 2.61. The third-order valence-electron chi connectivity index (χ3n) is 8.11. The number of aliphatic hydroxyl groups is 1. The van der Waals surface area contributed by atoms with Crippen molar-refractivity contribution in [1.29, 1.82) is 0 Å². The molecule has 14 heteroatoms. The molecule has 0 aliphatic carbocycles. The molecule has 2 aromatic heterocycles. The van der Waals surface area contributed by atoms with E-state index in [-0.39, 0.29) is 57.7 Å². The molecular weight excluding hydrogens is 551 g/mol. The van der Waals surface area contributed by atoms with Gasteiger partial charge in [-0.15, -0.1) is 0 Å². The van der Waals surface area contributed by atoms with Crippen LogP contribution in [0.15, 0.2) is 11.1 Å². The number of rotatable bonds is 7. The second-order valence-electron chi connectivity index (χ2n) is 12.5. The van der Waals surface area contributed by atoms with Crippen molar-refractivity contribution in [2.45, 2.75) is 116 Å². The van der Waals surface area contributed by atoms with Crippen LogP contribution in [-0.2, 0) is 22.5 Å². The number of H-pyrrole nitrogens is 1. The number of hydrogen-bond donors (Lipinski definition) is 3. The van der Waals surface area contributed by atoms with Crippen molar-refractivity contribution in [2.75, 3.05) is 11.9 Å². The molecule has 2 aromatic rings. The third kappa shape index (κ3) is 5.23. The van der Waals surface area contributed by atoms with Crippen LogP contribution in [0.1, 0.15) is 75.5 Å². The molecule has 0 aromatic carbocycles. The summed E-state index contributed by atoms with van der Waals surface area (Å²) in [6.45, 7) is 20.8. The summed E-state index contributed by atoms with van der Waals surface area (Å²) in [5.41, 5.74) is 0.271. The van der Waals surface area contributed by atoms with E-state index < -0.39 is 47.2 Å². The summed E-state index contributed by atoms with van der Waals surface area (Å²) < 4.78 is 28.9. The van der Waals surface area contributed by atoms with Gasteiger partial charge in [0.2, 0.25) is 11.9 Å². The summed E-state index contributed by atoms with van der Waals surface area (Å²) in [5.74, 6) is -0.596. The summed E-state index contributed by atoms with van der Waals surface area (Å²) in [5, 5.41) is 14.3. The standard InChI is InChI=1S/C26H45N5O7Si2/c1-13(2)23(33)29-26-28-22-19(24(34)30-26)27-12-31(22)25-20(32)21-18(36-25)11-35-39(14(3)4,15(5)6)38-40(37-21,16(7)8)17(9)10/h12-18,20-21,25,32H,11H2,1-10H3,(H2,28,29,30,33,34)/i30+1. The van der Waals surface area contributed by atoms with Gasteiger partial charge in [-0.3, -0.25) is 24.5 Å². The molecule has 1 amide bonds. The molecule has 4 atom stereocenters. The van der Waals surface area contributed by atoms with E-state index in [0.717, 1.165) is 0 Å². The minimum absolute atomic E-state index is 0.000117. The van der Waals surface area contributed by atoms with Crippen molar-refractivity contribution in [2.24, 2.45) is 5.92 Å². The quantitative estimate of drug-likeness (QED) is 0.404. The largest absolute Gasteiger partial charge is 0.414 e. The van der Waals surface area contributed by atoms with Gasteiger partial charge in [0, 0.05) is 5.92 Å². The van der Waals surface area contributed by atoms with Crippen LogP contribution in [-0.4, -0.2) is 72.6 Å². The normalized spacial score (nSPS) is 26.6. The number of anilines is 1. The number of nitrogens with zero attached hydrogens (tertiary/aromatic N) is 3. The Kier molecular flexibility index (Phi) is 8.82. The van der Waals surface area contributed by atoms with Gasteiger partial charge < -0.3 is 22.8 Å². The molecule has 2 saturated heterocycles. The summed E-state index contributed by atoms with van der Waals surface area (Å²) in [6.07, 6.45) is -1.92. The van der Waals surface area contributed by atoms with Gasteiger partial charge in [0.1, 0.15) is 18.3 Å². The van der Waals surface area contributed by atoms with E-state index in [1.54, 1.807) is 13.8 Å². The Labute approximate surface area is 237 Å². The van der Waals surface area contributed by atoms with E-state index in [0.29, 0.717) is 0 Å². The summed E-state index contributed by atoms with van der Waals surface area (Å²) in [6, 6.07) is 0. The molecule has 2 fully saturated rings. The number of nitrogens with one attached hydrogen (secondary N) is 2. The van der Waals surface area contributed by atoms with Crippen molar-refractivity contribution in [3.63, 3.8) is 0 Å². The van der Waals surface area contributed by atoms with Crippen molar-refractivity contribution in [3.8, 4) is 0 Å². The predicted molar refractivity (Wildman–Crippen MR) is 155 cm³/mol. The first kappa shape index (κ1) is 31.0. The fourth-order valence-corrected chi connectivity index (χ4v) is 17.0. The van der Waals surface area contributed by atoms with Gasteiger partial charge in [0.15, 0.2) is 17.4 Å². The zero-order valence-electron chi connectivity index (χ0n) is 25.2. The molecule has 40 heavy (non-hydrogen) atoms. The van der Waals surface area contributed by atoms with E-state index in [1.807, 2.05) is 0 Å². The molecule has 224 valence electrons. The Bertz CT molecular complexity index is 1260. The Morgan fingerprint density at radius 2 is 1.65 bits per heavy atom. The molecule has 0 radical (unpaired) electrons. The number of carbonyl (C=O) groups excluding carboxylic acids is 1. The van der Waals surface area contributed by atoms with Crippen LogP contribution in [0, 0.1) is 5.92 Å². The highest BCUT2D eigenvalue weighted by Crippen LogP contribution is 2.48. The van der Waals surface area contributed by atoms with E-state index in [2.05, 4.69) is 75.7 Å². The molecule has 2 aliphatic rings. The highest BCUT2D eigenvalue weighted by atomic mass is 28.5. The number of carbonyl (C=O) groups is 1. The molecule has 0 spiro atoms. The smallest absolute Gasteiger partial charge is 0.335 e. The van der Waals surface area contributed by atoms with Crippen LogP contribution < -0.4 is 10.9 Å². The van der Waals surface area contributed by atoms with Gasteiger partial charge in [0.25, 0.3) is 5.56 Å². The highest BCUT2D eigenvalue weighted by molar-refractivity contribution is 6.84. The molecule has 3 N–H and O–H groups in total. The lowest BCUT2D eigenvalue weighted by atomic mass is 10.1. The summed E-state index contributed by atoms with van der Waals surface area (Å²) in [4.78, 5) is 36.2. The van der Waals surface area contributed by atoms with Crippen molar-refractivity contribution >= 4 is 40.1 Å². The molecule has 4 rings (SSSR count). The second-order valence-corrected chi connectivity index (χ2v) is 21.3. The fourth-order valence-electron chi connectivity index (χ4n) is 5.80. The van der Waals surface area contributed by atoms with Crippen molar-refractivity contribution in [3.05, 3.63) is 16.7 Å².